The van der Waals surface area contributed by atoms with Crippen molar-refractivity contribution >= 4 is 11.8 Å². The molecule has 108 valence electrons. The highest BCUT2D eigenvalue weighted by atomic mass is 16.5. The fourth-order valence-electron chi connectivity index (χ4n) is 2.19. The van der Waals surface area contributed by atoms with Crippen molar-refractivity contribution in [1.82, 2.24) is 4.90 Å². The van der Waals surface area contributed by atoms with E-state index in [1.54, 1.807) is 19.1 Å². The van der Waals surface area contributed by atoms with Crippen LogP contribution in [-0.2, 0) is 20.8 Å². The molecule has 0 bridgehead atoms. The molecule has 1 aliphatic rings. The summed E-state index contributed by atoms with van der Waals surface area (Å²) in [7, 11) is 0. The second-order valence-corrected chi connectivity index (χ2v) is 4.60. The fraction of sp³-hybridized carbons (Fsp3) is 0.467. The third-order valence-corrected chi connectivity index (χ3v) is 3.22. The van der Waals surface area contributed by atoms with E-state index >= 15 is 0 Å². The molecule has 1 aliphatic heterocycles. The highest BCUT2D eigenvalue weighted by Gasteiger charge is 2.21. The number of carbonyl (C=O) groups is 2. The van der Waals surface area contributed by atoms with Crippen molar-refractivity contribution in [2.45, 2.75) is 13.5 Å². The predicted molar refractivity (Wildman–Crippen MR) is 73.5 cm³/mol. The van der Waals surface area contributed by atoms with Crippen LogP contribution in [0.5, 0.6) is 0 Å². The summed E-state index contributed by atoms with van der Waals surface area (Å²) in [5.41, 5.74) is 1.28. The van der Waals surface area contributed by atoms with Gasteiger partial charge < -0.3 is 9.47 Å². The Kier molecular flexibility index (Phi) is 5.26. The molecule has 1 aromatic rings. The van der Waals surface area contributed by atoms with Gasteiger partial charge in [0.2, 0.25) is 0 Å². The summed E-state index contributed by atoms with van der Waals surface area (Å²) in [6, 6.07) is 7.18. The lowest BCUT2D eigenvalue weighted by molar-refractivity contribution is -0.137. The van der Waals surface area contributed by atoms with Gasteiger partial charge in [0.05, 0.1) is 19.8 Å². The zero-order valence-electron chi connectivity index (χ0n) is 11.6. The van der Waals surface area contributed by atoms with Crippen molar-refractivity contribution < 1.29 is 19.1 Å². The molecule has 0 unspecified atom stereocenters. The van der Waals surface area contributed by atoms with Crippen LogP contribution in [-0.4, -0.2) is 49.6 Å². The zero-order valence-corrected chi connectivity index (χ0v) is 11.6. The van der Waals surface area contributed by atoms with Crippen LogP contribution in [0.15, 0.2) is 24.3 Å². The number of ketones is 1. The van der Waals surface area contributed by atoms with Gasteiger partial charge in [-0.05, 0) is 12.5 Å². The van der Waals surface area contributed by atoms with E-state index < -0.39 is 11.8 Å². The Balaban J connectivity index is 2.12. The molecule has 0 amide bonds. The monoisotopic (exact) mass is 277 g/mol. The predicted octanol–water partition coefficient (Wildman–Crippen LogP) is 1.26. The Labute approximate surface area is 118 Å². The average molecular weight is 277 g/mol. The average Bonchev–Trinajstić information content (AvgIpc) is 2.48. The molecular formula is C15H19NO4. The number of benzene rings is 1. The Hall–Kier alpha value is -1.72. The molecule has 0 aromatic heterocycles. The number of carbonyl (C=O) groups excluding carboxylic acids is 2. The zero-order chi connectivity index (χ0) is 14.4. The maximum Gasteiger partial charge on any atom is 0.379 e. The molecule has 0 radical (unpaired) electrons. The van der Waals surface area contributed by atoms with E-state index in [0.29, 0.717) is 25.3 Å². The Morgan fingerprint density at radius 1 is 1.25 bits per heavy atom. The lowest BCUT2D eigenvalue weighted by atomic mass is 10.0. The first-order chi connectivity index (χ1) is 9.72. The van der Waals surface area contributed by atoms with Crippen LogP contribution in [0.3, 0.4) is 0 Å². The van der Waals surface area contributed by atoms with Crippen molar-refractivity contribution in [2.24, 2.45) is 0 Å². The molecule has 1 fully saturated rings. The van der Waals surface area contributed by atoms with Gasteiger partial charge in [0.15, 0.2) is 0 Å². The van der Waals surface area contributed by atoms with Crippen LogP contribution in [0, 0.1) is 0 Å². The molecule has 0 spiro atoms. The maximum absolute atomic E-state index is 12.1. The number of morpholine rings is 1. The standard InChI is InChI=1S/C15H19NO4/c1-2-20-15(18)14(17)13-6-4-3-5-12(13)11-16-7-9-19-10-8-16/h3-6H,2,7-11H2,1H3. The number of nitrogens with zero attached hydrogens (tertiary/aromatic N) is 1. The first kappa shape index (κ1) is 14.7. The summed E-state index contributed by atoms with van der Waals surface area (Å²) in [5.74, 6) is -1.36. The lowest BCUT2D eigenvalue weighted by Gasteiger charge is -2.27. The highest BCUT2D eigenvalue weighted by molar-refractivity contribution is 6.41. The fourth-order valence-corrected chi connectivity index (χ4v) is 2.19. The minimum Gasteiger partial charge on any atom is -0.460 e. The van der Waals surface area contributed by atoms with Gasteiger partial charge in [-0.1, -0.05) is 24.3 Å². The molecular weight excluding hydrogens is 258 g/mol. The molecule has 0 saturated carbocycles. The van der Waals surface area contributed by atoms with E-state index in [0.717, 1.165) is 18.7 Å². The second-order valence-electron chi connectivity index (χ2n) is 4.60. The van der Waals surface area contributed by atoms with Crippen molar-refractivity contribution in [2.75, 3.05) is 32.9 Å². The quantitative estimate of drug-likeness (QED) is 0.461. The Morgan fingerprint density at radius 2 is 1.95 bits per heavy atom. The van der Waals surface area contributed by atoms with Crippen LogP contribution in [0.4, 0.5) is 0 Å². The number of hydrogen-bond donors (Lipinski definition) is 0. The van der Waals surface area contributed by atoms with E-state index in [2.05, 4.69) is 4.90 Å². The molecule has 0 aliphatic carbocycles. The van der Waals surface area contributed by atoms with E-state index in [9.17, 15) is 9.59 Å². The van der Waals surface area contributed by atoms with Crippen molar-refractivity contribution in [3.05, 3.63) is 35.4 Å². The second kappa shape index (κ2) is 7.17. The normalized spacial score (nSPS) is 15.8. The van der Waals surface area contributed by atoms with Crippen molar-refractivity contribution in [1.29, 1.82) is 0 Å². The smallest absolute Gasteiger partial charge is 0.379 e. The Bertz CT molecular complexity index is 481. The van der Waals surface area contributed by atoms with Crippen LogP contribution >= 0.6 is 0 Å². The van der Waals surface area contributed by atoms with E-state index in [4.69, 9.17) is 9.47 Å². The number of ether oxygens (including phenoxy) is 2. The van der Waals surface area contributed by atoms with Crippen molar-refractivity contribution in [3.8, 4) is 0 Å². The third-order valence-electron chi connectivity index (χ3n) is 3.22. The van der Waals surface area contributed by atoms with Crippen LogP contribution < -0.4 is 0 Å². The molecule has 1 aromatic carbocycles. The highest BCUT2D eigenvalue weighted by Crippen LogP contribution is 2.14. The first-order valence-corrected chi connectivity index (χ1v) is 6.82. The van der Waals surface area contributed by atoms with E-state index in [1.807, 2.05) is 12.1 Å². The molecule has 2 rings (SSSR count). The SMILES string of the molecule is CCOC(=O)C(=O)c1ccccc1CN1CCOCC1. The summed E-state index contributed by atoms with van der Waals surface area (Å²) >= 11 is 0. The molecule has 0 atom stereocenters. The van der Waals surface area contributed by atoms with Crippen LogP contribution in [0.2, 0.25) is 0 Å². The molecule has 5 nitrogen and oxygen atoms in total. The lowest BCUT2D eigenvalue weighted by Crippen LogP contribution is -2.36. The third kappa shape index (κ3) is 3.65. The van der Waals surface area contributed by atoms with Gasteiger partial charge in [-0.15, -0.1) is 0 Å². The minimum absolute atomic E-state index is 0.205. The van der Waals surface area contributed by atoms with Gasteiger partial charge >= 0.3 is 5.97 Å². The number of rotatable bonds is 5. The maximum atomic E-state index is 12.1. The topological polar surface area (TPSA) is 55.8 Å². The molecule has 5 heteroatoms. The summed E-state index contributed by atoms with van der Waals surface area (Å²) in [6.45, 7) is 5.61. The van der Waals surface area contributed by atoms with Gasteiger partial charge in [0.1, 0.15) is 0 Å². The van der Waals surface area contributed by atoms with Crippen LogP contribution in [0.1, 0.15) is 22.8 Å². The van der Waals surface area contributed by atoms with Gasteiger partial charge in [-0.2, -0.15) is 0 Å². The van der Waals surface area contributed by atoms with Crippen molar-refractivity contribution in [3.63, 3.8) is 0 Å². The summed E-state index contributed by atoms with van der Waals surface area (Å²) in [6.07, 6.45) is 0. The number of hydrogen-bond acceptors (Lipinski definition) is 5. The van der Waals surface area contributed by atoms with Gasteiger partial charge in [0.25, 0.3) is 5.78 Å². The summed E-state index contributed by atoms with van der Waals surface area (Å²) in [4.78, 5) is 25.9. The largest absolute Gasteiger partial charge is 0.460 e. The first-order valence-electron chi connectivity index (χ1n) is 6.82. The van der Waals surface area contributed by atoms with Crippen LogP contribution in [0.25, 0.3) is 0 Å². The Morgan fingerprint density at radius 3 is 2.65 bits per heavy atom. The minimum atomic E-state index is -0.790. The van der Waals surface area contributed by atoms with Gasteiger partial charge in [0, 0.05) is 25.2 Å². The van der Waals surface area contributed by atoms with Gasteiger partial charge in [-0.25, -0.2) is 4.79 Å². The molecule has 1 heterocycles. The molecule has 0 N–H and O–H groups in total. The number of Topliss-reactive ketones (excluding diaryl/α,β-unsaturated/α-hetero) is 1. The summed E-state index contributed by atoms with van der Waals surface area (Å²) in [5, 5.41) is 0. The molecule has 1 saturated heterocycles. The van der Waals surface area contributed by atoms with E-state index in [-0.39, 0.29) is 6.61 Å². The summed E-state index contributed by atoms with van der Waals surface area (Å²) < 4.78 is 10.1. The molecule has 20 heavy (non-hydrogen) atoms. The van der Waals surface area contributed by atoms with E-state index in [1.165, 1.54) is 0 Å². The number of esters is 1. The van der Waals surface area contributed by atoms with Gasteiger partial charge in [-0.3, -0.25) is 9.69 Å².